The molecule has 2 unspecified atom stereocenters. The fraction of sp³-hybridized carbons (Fsp3) is 0.730. The fourth-order valence-corrected chi connectivity index (χ4v) is 6.79. The Kier molecular flexibility index (Phi) is 21.7. The molecule has 1 saturated carbocycles. The highest BCUT2D eigenvalue weighted by Gasteiger charge is 2.38. The van der Waals surface area contributed by atoms with Crippen LogP contribution in [-0.2, 0) is 28.8 Å². The van der Waals surface area contributed by atoms with Gasteiger partial charge in [0.05, 0.1) is 25.7 Å². The summed E-state index contributed by atoms with van der Waals surface area (Å²) in [4.78, 5) is 78.6. The van der Waals surface area contributed by atoms with E-state index in [1.165, 1.54) is 0 Å². The lowest BCUT2D eigenvalue weighted by Crippen LogP contribution is -2.51. The first-order valence-electron chi connectivity index (χ1n) is 18.9. The number of carbonyl (C=O) groups is 6. The van der Waals surface area contributed by atoms with E-state index < -0.39 is 36.0 Å². The molecule has 1 amide bonds. The molecule has 0 aromatic carbocycles. The highest BCUT2D eigenvalue weighted by molar-refractivity contribution is 5.86. The molecule has 0 bridgehead atoms. The largest absolute Gasteiger partial charge is 0.480 e. The number of nitrogens with one attached hydrogen (secondary N) is 1. The van der Waals surface area contributed by atoms with Gasteiger partial charge in [0.2, 0.25) is 5.91 Å². The van der Waals surface area contributed by atoms with Crippen LogP contribution in [0.2, 0.25) is 0 Å². The summed E-state index contributed by atoms with van der Waals surface area (Å²) >= 11 is 0. The molecular formula is C37H61N5O11. The number of aliphatic hydroxyl groups is 1. The molecule has 53 heavy (non-hydrogen) atoms. The van der Waals surface area contributed by atoms with Gasteiger partial charge in [0, 0.05) is 83.6 Å². The minimum atomic E-state index is -1.08. The van der Waals surface area contributed by atoms with E-state index in [-0.39, 0.29) is 121 Å². The van der Waals surface area contributed by atoms with Crippen LogP contribution >= 0.6 is 0 Å². The van der Waals surface area contributed by atoms with Crippen molar-refractivity contribution in [2.24, 2.45) is 11.8 Å². The number of rotatable bonds is 22. The van der Waals surface area contributed by atoms with Crippen molar-refractivity contribution in [3.05, 3.63) is 24.3 Å². The number of hydrogen-bond acceptors (Lipinski definition) is 11. The van der Waals surface area contributed by atoms with Crippen LogP contribution in [0, 0.1) is 11.8 Å². The molecule has 16 nitrogen and oxygen atoms in total. The van der Waals surface area contributed by atoms with Gasteiger partial charge in [-0.2, -0.15) is 0 Å². The third kappa shape index (κ3) is 18.8. The van der Waals surface area contributed by atoms with Crippen molar-refractivity contribution in [1.82, 2.24) is 24.9 Å². The first kappa shape index (κ1) is 45.5. The highest BCUT2D eigenvalue weighted by atomic mass is 16.4. The SMILES string of the molecule is CCCCC/C=C/[C@H]1C(/C=C\CCCC(=O)NCCCC(C(=O)O)N2CCN(CC(=O)O)CCN(CC(=O)O)CCN(CC(=O)O)CC2)C(=O)C[C@H]1O. The Morgan fingerprint density at radius 3 is 1.75 bits per heavy atom. The monoisotopic (exact) mass is 751 g/mol. The fourth-order valence-electron chi connectivity index (χ4n) is 6.79. The molecule has 2 fully saturated rings. The van der Waals surface area contributed by atoms with Gasteiger partial charge in [-0.15, -0.1) is 0 Å². The van der Waals surface area contributed by atoms with Gasteiger partial charge < -0.3 is 30.8 Å². The number of allylic oxidation sites excluding steroid dienone is 3. The van der Waals surface area contributed by atoms with Crippen LogP contribution in [0.25, 0.3) is 0 Å². The van der Waals surface area contributed by atoms with Crippen molar-refractivity contribution in [1.29, 1.82) is 0 Å². The number of amides is 1. The topological polar surface area (TPSA) is 229 Å². The number of aliphatic carboxylic acids is 4. The molecule has 6 N–H and O–H groups in total. The van der Waals surface area contributed by atoms with Crippen LogP contribution in [0.3, 0.4) is 0 Å². The lowest BCUT2D eigenvalue weighted by atomic mass is 9.92. The lowest BCUT2D eigenvalue weighted by Gasteiger charge is -2.35. The first-order valence-corrected chi connectivity index (χ1v) is 18.9. The van der Waals surface area contributed by atoms with Crippen LogP contribution in [0.4, 0.5) is 0 Å². The second kappa shape index (κ2) is 25.3. The van der Waals surface area contributed by atoms with Crippen molar-refractivity contribution in [3.8, 4) is 0 Å². The van der Waals surface area contributed by atoms with Crippen LogP contribution in [0.15, 0.2) is 24.3 Å². The van der Waals surface area contributed by atoms with Crippen molar-refractivity contribution in [2.75, 3.05) is 78.5 Å². The van der Waals surface area contributed by atoms with E-state index in [2.05, 4.69) is 18.3 Å². The average Bonchev–Trinajstić information content (AvgIpc) is 3.34. The van der Waals surface area contributed by atoms with Gasteiger partial charge in [-0.25, -0.2) is 0 Å². The standard InChI is InChI=1S/C37H61N5O11/c1-2-3-4-5-7-11-28-29(32(44)24-31(28)43)12-8-6-9-14-33(45)38-15-10-13-30(37(52)53)42-22-20-40(26-35(48)49)18-16-39(25-34(46)47)17-19-41(21-23-42)27-36(50)51/h7-8,11-12,28-31,43H,2-6,9-10,13-27H2,1H3,(H,38,45)(H,46,47)(H,48,49)(H,50,51)(H,52,53)/b11-7+,12-8-/t28-,29?,30?,31+/m0/s1. The number of nitrogens with zero attached hydrogens (tertiary/aromatic N) is 4. The Morgan fingerprint density at radius 1 is 0.736 bits per heavy atom. The molecule has 0 radical (unpaired) electrons. The van der Waals surface area contributed by atoms with Gasteiger partial charge in [-0.3, -0.25) is 48.4 Å². The second-order valence-corrected chi connectivity index (χ2v) is 14.0. The third-order valence-corrected chi connectivity index (χ3v) is 9.74. The lowest BCUT2D eigenvalue weighted by molar-refractivity contribution is -0.145. The third-order valence-electron chi connectivity index (χ3n) is 9.74. The van der Waals surface area contributed by atoms with E-state index in [1.54, 1.807) is 19.6 Å². The number of aliphatic hydroxyl groups excluding tert-OH is 1. The predicted octanol–water partition coefficient (Wildman–Crippen LogP) is 1.24. The number of carboxylic acid groups (broad SMARTS) is 4. The van der Waals surface area contributed by atoms with E-state index in [4.69, 9.17) is 0 Å². The van der Waals surface area contributed by atoms with Gasteiger partial charge in [0.1, 0.15) is 11.8 Å². The van der Waals surface area contributed by atoms with E-state index in [0.29, 0.717) is 19.3 Å². The molecule has 1 aliphatic carbocycles. The molecule has 1 heterocycles. The van der Waals surface area contributed by atoms with E-state index in [9.17, 15) is 54.3 Å². The Labute approximate surface area is 312 Å². The van der Waals surface area contributed by atoms with Crippen LogP contribution in [0.1, 0.15) is 71.1 Å². The number of hydrogen-bond donors (Lipinski definition) is 6. The molecule has 0 spiro atoms. The summed E-state index contributed by atoms with van der Waals surface area (Å²) in [6.45, 7) is 3.20. The number of ketones is 1. The number of carbonyl (C=O) groups excluding carboxylic acids is 2. The highest BCUT2D eigenvalue weighted by Crippen LogP contribution is 2.32. The summed E-state index contributed by atoms with van der Waals surface area (Å²) in [7, 11) is 0. The van der Waals surface area contributed by atoms with Crippen molar-refractivity contribution in [3.63, 3.8) is 0 Å². The second-order valence-electron chi connectivity index (χ2n) is 14.0. The molecule has 0 aromatic heterocycles. The minimum Gasteiger partial charge on any atom is -0.480 e. The maximum atomic E-state index is 12.5. The molecule has 300 valence electrons. The van der Waals surface area contributed by atoms with Gasteiger partial charge >= 0.3 is 23.9 Å². The summed E-state index contributed by atoms with van der Waals surface area (Å²) in [6, 6.07) is -0.964. The first-order chi connectivity index (χ1) is 25.3. The summed E-state index contributed by atoms with van der Waals surface area (Å²) in [5, 5.41) is 51.6. The summed E-state index contributed by atoms with van der Waals surface area (Å²) < 4.78 is 0. The van der Waals surface area contributed by atoms with Gasteiger partial charge in [0.25, 0.3) is 0 Å². The Hall–Kier alpha value is -3.70. The summed E-state index contributed by atoms with van der Waals surface area (Å²) in [5.74, 6) is -5.04. The molecule has 2 aliphatic rings. The van der Waals surface area contributed by atoms with Gasteiger partial charge in [-0.1, -0.05) is 44.1 Å². The summed E-state index contributed by atoms with van der Waals surface area (Å²) in [6.07, 6.45) is 13.4. The quantitative estimate of drug-likeness (QED) is 0.0676. The zero-order valence-electron chi connectivity index (χ0n) is 31.1. The molecule has 4 atom stereocenters. The van der Waals surface area contributed by atoms with Crippen LogP contribution < -0.4 is 5.32 Å². The normalized spacial score (nSPS) is 22.5. The van der Waals surface area contributed by atoms with Crippen molar-refractivity contribution >= 4 is 35.6 Å². The molecule has 1 saturated heterocycles. The zero-order chi connectivity index (χ0) is 39.2. The summed E-state index contributed by atoms with van der Waals surface area (Å²) in [5.41, 5.74) is 0. The average molecular weight is 752 g/mol. The van der Waals surface area contributed by atoms with E-state index >= 15 is 0 Å². The minimum absolute atomic E-state index is 0.0154. The smallest absolute Gasteiger partial charge is 0.320 e. The van der Waals surface area contributed by atoms with Crippen LogP contribution in [-0.4, -0.2) is 171 Å². The molecule has 1 aliphatic heterocycles. The van der Waals surface area contributed by atoms with E-state index in [1.807, 2.05) is 18.2 Å². The molecule has 16 heteroatoms. The van der Waals surface area contributed by atoms with Crippen molar-refractivity contribution < 1.29 is 54.3 Å². The number of Topliss-reactive ketones (excluding diaryl/α,β-unsaturated/α-hetero) is 1. The molecule has 2 rings (SSSR count). The molecular weight excluding hydrogens is 690 g/mol. The Balaban J connectivity index is 1.91. The van der Waals surface area contributed by atoms with Gasteiger partial charge in [-0.05, 0) is 38.5 Å². The Bertz CT molecular complexity index is 1210. The number of unbranched alkanes of at least 4 members (excludes halogenated alkanes) is 4. The van der Waals surface area contributed by atoms with Crippen molar-refractivity contribution in [2.45, 2.75) is 83.3 Å². The number of carboxylic acids is 4. The maximum Gasteiger partial charge on any atom is 0.320 e. The van der Waals surface area contributed by atoms with E-state index in [0.717, 1.165) is 25.7 Å². The Morgan fingerprint density at radius 2 is 1.25 bits per heavy atom. The zero-order valence-corrected chi connectivity index (χ0v) is 31.1. The van der Waals surface area contributed by atoms with Gasteiger partial charge in [0.15, 0.2) is 0 Å². The maximum absolute atomic E-state index is 12.5. The predicted molar refractivity (Wildman–Crippen MR) is 196 cm³/mol. The van der Waals surface area contributed by atoms with Crippen LogP contribution in [0.5, 0.6) is 0 Å². The molecule has 0 aromatic rings.